The third kappa shape index (κ3) is 6.14. The first-order chi connectivity index (χ1) is 8.96. The number of nitrogens with one attached hydrogen (secondary N) is 1. The summed E-state index contributed by atoms with van der Waals surface area (Å²) in [7, 11) is 0. The number of tetrazole rings is 1. The minimum absolute atomic E-state index is 0.0865. The van der Waals surface area contributed by atoms with Crippen molar-refractivity contribution in [1.82, 2.24) is 25.5 Å². The molecule has 0 spiro atoms. The van der Waals surface area contributed by atoms with Crippen molar-refractivity contribution in [3.05, 3.63) is 5.82 Å². The Bertz CT molecular complexity index is 353. The van der Waals surface area contributed by atoms with Gasteiger partial charge in [0, 0.05) is 12.1 Å². The maximum absolute atomic E-state index is 4.13. The van der Waals surface area contributed by atoms with Crippen LogP contribution in [0.5, 0.6) is 0 Å². The quantitative estimate of drug-likeness (QED) is 0.787. The number of hydrogen-bond acceptors (Lipinski definition) is 4. The van der Waals surface area contributed by atoms with E-state index in [1.54, 1.807) is 0 Å². The van der Waals surface area contributed by atoms with Gasteiger partial charge in [-0.1, -0.05) is 33.1 Å². The molecule has 1 aromatic heterocycles. The molecule has 110 valence electrons. The average molecular weight is 267 g/mol. The van der Waals surface area contributed by atoms with Crippen molar-refractivity contribution >= 4 is 0 Å². The number of rotatable bonds is 8. The van der Waals surface area contributed by atoms with Crippen molar-refractivity contribution in [3.63, 3.8) is 0 Å². The maximum atomic E-state index is 4.13. The lowest BCUT2D eigenvalue weighted by molar-refractivity contribution is 0.350. The summed E-state index contributed by atoms with van der Waals surface area (Å²) in [5.41, 5.74) is 0.0865. The molecule has 1 N–H and O–H groups in total. The van der Waals surface area contributed by atoms with Crippen molar-refractivity contribution < 1.29 is 0 Å². The van der Waals surface area contributed by atoms with Gasteiger partial charge in [-0.15, -0.1) is 5.10 Å². The van der Waals surface area contributed by atoms with Crippen molar-refractivity contribution in [2.45, 2.75) is 78.9 Å². The first-order valence-corrected chi connectivity index (χ1v) is 7.46. The first kappa shape index (κ1) is 16.1. The zero-order valence-electron chi connectivity index (χ0n) is 13.1. The molecule has 0 amide bonds. The topological polar surface area (TPSA) is 55.6 Å². The minimum atomic E-state index is 0.0865. The fourth-order valence-corrected chi connectivity index (χ4v) is 2.00. The smallest absolute Gasteiger partial charge is 0.165 e. The summed E-state index contributed by atoms with van der Waals surface area (Å²) in [5, 5.41) is 15.5. The van der Waals surface area contributed by atoms with Gasteiger partial charge in [-0.2, -0.15) is 0 Å². The summed E-state index contributed by atoms with van der Waals surface area (Å²) in [6.45, 7) is 12.6. The molecule has 5 heteroatoms. The molecule has 0 aromatic carbocycles. The highest BCUT2D eigenvalue weighted by molar-refractivity contribution is 4.84. The summed E-state index contributed by atoms with van der Waals surface area (Å²) in [5.74, 6) is 1.61. The molecule has 1 aromatic rings. The van der Waals surface area contributed by atoms with Gasteiger partial charge in [-0.25, -0.2) is 4.68 Å². The molecule has 0 saturated carbocycles. The van der Waals surface area contributed by atoms with Gasteiger partial charge < -0.3 is 5.32 Å². The molecular weight excluding hydrogens is 238 g/mol. The fraction of sp³-hybridized carbons (Fsp3) is 0.929. The van der Waals surface area contributed by atoms with Crippen LogP contribution in [0.1, 0.15) is 66.1 Å². The van der Waals surface area contributed by atoms with Crippen LogP contribution in [0.2, 0.25) is 0 Å². The van der Waals surface area contributed by atoms with Gasteiger partial charge in [0.05, 0.1) is 6.54 Å². The van der Waals surface area contributed by atoms with E-state index >= 15 is 0 Å². The summed E-state index contributed by atoms with van der Waals surface area (Å²) in [4.78, 5) is 0. The molecule has 1 heterocycles. The number of hydrogen-bond donors (Lipinski definition) is 1. The molecule has 0 aliphatic rings. The fourth-order valence-electron chi connectivity index (χ4n) is 2.00. The van der Waals surface area contributed by atoms with Crippen LogP contribution in [0.15, 0.2) is 0 Å². The molecule has 5 nitrogen and oxygen atoms in total. The van der Waals surface area contributed by atoms with Crippen LogP contribution >= 0.6 is 0 Å². The van der Waals surface area contributed by atoms with Crippen LogP contribution in [0, 0.1) is 5.92 Å². The van der Waals surface area contributed by atoms with Gasteiger partial charge in [-0.05, 0) is 43.5 Å². The molecule has 0 radical (unpaired) electrons. The zero-order chi connectivity index (χ0) is 14.3. The molecule has 0 fully saturated rings. The van der Waals surface area contributed by atoms with Crippen LogP contribution in [0.25, 0.3) is 0 Å². The molecule has 0 aliphatic heterocycles. The molecule has 19 heavy (non-hydrogen) atoms. The van der Waals surface area contributed by atoms with Crippen LogP contribution < -0.4 is 5.32 Å². The zero-order valence-corrected chi connectivity index (χ0v) is 13.1. The van der Waals surface area contributed by atoms with Gasteiger partial charge in [0.25, 0.3) is 0 Å². The van der Waals surface area contributed by atoms with E-state index in [4.69, 9.17) is 0 Å². The van der Waals surface area contributed by atoms with E-state index in [0.717, 1.165) is 18.9 Å². The lowest BCUT2D eigenvalue weighted by Crippen LogP contribution is -2.36. The van der Waals surface area contributed by atoms with Gasteiger partial charge in [0.2, 0.25) is 0 Å². The third-order valence-electron chi connectivity index (χ3n) is 3.36. The Balaban J connectivity index is 2.56. The molecule has 0 bridgehead atoms. The Morgan fingerprint density at radius 1 is 1.26 bits per heavy atom. The normalized spacial score (nSPS) is 13.7. The number of aromatic nitrogens is 4. The van der Waals surface area contributed by atoms with E-state index in [1.165, 1.54) is 25.7 Å². The van der Waals surface area contributed by atoms with Gasteiger partial charge in [0.1, 0.15) is 0 Å². The summed E-state index contributed by atoms with van der Waals surface area (Å²) < 4.78 is 1.96. The molecule has 1 unspecified atom stereocenters. The van der Waals surface area contributed by atoms with E-state index < -0.39 is 0 Å². The number of nitrogens with zero attached hydrogens (tertiary/aromatic N) is 4. The van der Waals surface area contributed by atoms with E-state index in [-0.39, 0.29) is 5.54 Å². The first-order valence-electron chi connectivity index (χ1n) is 7.46. The second kappa shape index (κ2) is 7.58. The Hall–Kier alpha value is -0.970. The summed E-state index contributed by atoms with van der Waals surface area (Å²) in [6.07, 6.45) is 4.99. The predicted octanol–water partition coefficient (Wildman–Crippen LogP) is 2.78. The van der Waals surface area contributed by atoms with E-state index in [0.29, 0.717) is 5.92 Å². The van der Waals surface area contributed by atoms with Gasteiger partial charge in [0.15, 0.2) is 5.82 Å². The van der Waals surface area contributed by atoms with E-state index in [9.17, 15) is 0 Å². The molecular formula is C14H29N5. The van der Waals surface area contributed by atoms with Crippen molar-refractivity contribution in [3.8, 4) is 0 Å². The highest BCUT2D eigenvalue weighted by Crippen LogP contribution is 2.15. The van der Waals surface area contributed by atoms with Crippen molar-refractivity contribution in [2.24, 2.45) is 5.92 Å². The van der Waals surface area contributed by atoms with Crippen LogP contribution in [-0.2, 0) is 13.1 Å². The second-order valence-corrected chi connectivity index (χ2v) is 6.30. The number of unbranched alkanes of at least 4 members (excludes halogenated alkanes) is 1. The Kier molecular flexibility index (Phi) is 6.42. The molecule has 0 aliphatic carbocycles. The molecule has 1 rings (SSSR count). The second-order valence-electron chi connectivity index (χ2n) is 6.30. The standard InChI is InChI=1S/C14H29N5/c1-6-8-9-12(7-2)11-19-13(16-17-18-19)10-15-14(3,4)5/h12,15H,6-11H2,1-5H3. The van der Waals surface area contributed by atoms with E-state index in [2.05, 4.69) is 55.5 Å². The largest absolute Gasteiger partial charge is 0.305 e. The Morgan fingerprint density at radius 2 is 2.00 bits per heavy atom. The van der Waals surface area contributed by atoms with Gasteiger partial charge in [-0.3, -0.25) is 0 Å². The Labute approximate surface area is 117 Å². The van der Waals surface area contributed by atoms with Crippen LogP contribution in [0.4, 0.5) is 0 Å². The lowest BCUT2D eigenvalue weighted by atomic mass is 9.99. The van der Waals surface area contributed by atoms with Crippen LogP contribution in [0.3, 0.4) is 0 Å². The Morgan fingerprint density at radius 3 is 2.58 bits per heavy atom. The molecule has 0 saturated heterocycles. The highest BCUT2D eigenvalue weighted by atomic mass is 15.5. The van der Waals surface area contributed by atoms with E-state index in [1.807, 2.05) is 4.68 Å². The summed E-state index contributed by atoms with van der Waals surface area (Å²) in [6, 6.07) is 0. The average Bonchev–Trinajstić information content (AvgIpc) is 2.78. The third-order valence-corrected chi connectivity index (χ3v) is 3.36. The predicted molar refractivity (Wildman–Crippen MR) is 77.7 cm³/mol. The van der Waals surface area contributed by atoms with Crippen molar-refractivity contribution in [1.29, 1.82) is 0 Å². The lowest BCUT2D eigenvalue weighted by Gasteiger charge is -2.20. The molecule has 1 atom stereocenters. The SMILES string of the molecule is CCCCC(CC)Cn1nnnc1CNC(C)(C)C. The van der Waals surface area contributed by atoms with Crippen molar-refractivity contribution in [2.75, 3.05) is 0 Å². The minimum Gasteiger partial charge on any atom is -0.305 e. The van der Waals surface area contributed by atoms with Crippen LogP contribution in [-0.4, -0.2) is 25.7 Å². The monoisotopic (exact) mass is 267 g/mol. The highest BCUT2D eigenvalue weighted by Gasteiger charge is 2.15. The van der Waals surface area contributed by atoms with Gasteiger partial charge >= 0.3 is 0 Å². The maximum Gasteiger partial charge on any atom is 0.165 e. The summed E-state index contributed by atoms with van der Waals surface area (Å²) >= 11 is 0.